The van der Waals surface area contributed by atoms with Crippen molar-refractivity contribution in [3.05, 3.63) is 27.7 Å². The molecule has 3 rings (SSSR count). The topological polar surface area (TPSA) is 106 Å². The summed E-state index contributed by atoms with van der Waals surface area (Å²) in [5.41, 5.74) is 3.67. The molecule has 1 spiro atoms. The monoisotopic (exact) mass is 291 g/mol. The van der Waals surface area contributed by atoms with Crippen molar-refractivity contribution in [2.45, 2.75) is 31.7 Å². The number of rotatable bonds is 2. The molecule has 0 unspecified atom stereocenters. The van der Waals surface area contributed by atoms with Crippen LogP contribution < -0.4 is 11.2 Å². The Hall–Kier alpha value is -2.31. The Morgan fingerprint density at radius 2 is 2.10 bits per heavy atom. The summed E-state index contributed by atoms with van der Waals surface area (Å²) in [6.07, 6.45) is 4.02. The summed E-state index contributed by atoms with van der Waals surface area (Å²) in [5.74, 6) is -1.97. The van der Waals surface area contributed by atoms with E-state index < -0.39 is 17.1 Å². The number of nitrogens with two attached hydrogens (primary N) is 1. The Morgan fingerprint density at radius 1 is 1.43 bits per heavy atom. The molecule has 0 atom stereocenters. The lowest BCUT2D eigenvalue weighted by Crippen LogP contribution is -2.57. The van der Waals surface area contributed by atoms with Crippen LogP contribution in [-0.4, -0.2) is 39.5 Å². The molecule has 7 nitrogen and oxygen atoms in total. The van der Waals surface area contributed by atoms with Crippen LogP contribution in [0.25, 0.3) is 0 Å². The molecule has 1 aliphatic heterocycles. The van der Waals surface area contributed by atoms with Gasteiger partial charge >= 0.3 is 0 Å². The van der Waals surface area contributed by atoms with Crippen molar-refractivity contribution in [3.8, 4) is 5.75 Å². The van der Waals surface area contributed by atoms with E-state index in [-0.39, 0.29) is 22.7 Å². The molecule has 1 aromatic heterocycles. The Kier molecular flexibility index (Phi) is 2.82. The van der Waals surface area contributed by atoms with Crippen molar-refractivity contribution in [2.24, 2.45) is 5.73 Å². The molecule has 0 saturated heterocycles. The van der Waals surface area contributed by atoms with Gasteiger partial charge in [0, 0.05) is 19.3 Å². The summed E-state index contributed by atoms with van der Waals surface area (Å²) >= 11 is 0. The van der Waals surface area contributed by atoms with Gasteiger partial charge < -0.3 is 20.3 Å². The van der Waals surface area contributed by atoms with Gasteiger partial charge in [-0.15, -0.1) is 0 Å². The van der Waals surface area contributed by atoms with Crippen molar-refractivity contribution in [1.82, 2.24) is 9.47 Å². The highest BCUT2D eigenvalue weighted by Gasteiger charge is 2.47. The molecule has 1 aromatic rings. The van der Waals surface area contributed by atoms with Crippen LogP contribution in [0.15, 0.2) is 11.0 Å². The average Bonchev–Trinajstić information content (AvgIpc) is 2.40. The molecule has 2 heterocycles. The summed E-state index contributed by atoms with van der Waals surface area (Å²) in [7, 11) is 0. The Balaban J connectivity index is 2.31. The minimum atomic E-state index is -0.898. The SMILES string of the molecule is CCN1CC2(CCC2)n2cc(C(N)=O)c(=O)c(O)c2C1=O. The molecule has 3 N–H and O–H groups in total. The molecular formula is C14H17N3O4. The second-order valence-electron chi connectivity index (χ2n) is 5.70. The highest BCUT2D eigenvalue weighted by Crippen LogP contribution is 2.44. The van der Waals surface area contributed by atoms with Gasteiger partial charge in [-0.1, -0.05) is 0 Å². The van der Waals surface area contributed by atoms with Gasteiger partial charge in [-0.2, -0.15) is 0 Å². The molecular weight excluding hydrogens is 274 g/mol. The third-order valence-corrected chi connectivity index (χ3v) is 4.60. The largest absolute Gasteiger partial charge is 0.503 e. The van der Waals surface area contributed by atoms with Gasteiger partial charge in [0.15, 0.2) is 11.4 Å². The molecule has 21 heavy (non-hydrogen) atoms. The normalized spacial score (nSPS) is 19.3. The van der Waals surface area contributed by atoms with Crippen molar-refractivity contribution < 1.29 is 14.7 Å². The highest BCUT2D eigenvalue weighted by atomic mass is 16.3. The first-order chi connectivity index (χ1) is 9.91. The molecule has 1 saturated carbocycles. The first-order valence-electron chi connectivity index (χ1n) is 6.99. The van der Waals surface area contributed by atoms with Crippen LogP contribution in [0.4, 0.5) is 0 Å². The fourth-order valence-corrected chi connectivity index (χ4v) is 3.25. The Morgan fingerprint density at radius 3 is 2.57 bits per heavy atom. The minimum absolute atomic E-state index is 0.0298. The van der Waals surface area contributed by atoms with Gasteiger partial charge in [0.05, 0.1) is 5.54 Å². The van der Waals surface area contributed by atoms with E-state index in [1.54, 1.807) is 9.47 Å². The zero-order valence-electron chi connectivity index (χ0n) is 11.8. The van der Waals surface area contributed by atoms with Crippen LogP contribution in [0.3, 0.4) is 0 Å². The summed E-state index contributed by atoms with van der Waals surface area (Å²) in [4.78, 5) is 37.4. The molecule has 2 aliphatic rings. The number of fused-ring (bicyclic) bond motifs is 2. The van der Waals surface area contributed by atoms with Crippen LogP contribution in [-0.2, 0) is 5.54 Å². The van der Waals surface area contributed by atoms with Gasteiger partial charge in [-0.25, -0.2) is 0 Å². The molecule has 0 radical (unpaired) electrons. The summed E-state index contributed by atoms with van der Waals surface area (Å²) < 4.78 is 1.60. The Labute approximate surface area is 121 Å². The van der Waals surface area contributed by atoms with Crippen molar-refractivity contribution in [1.29, 1.82) is 0 Å². The predicted octanol–water partition coefficient (Wildman–Crippen LogP) is 0.00770. The third-order valence-electron chi connectivity index (χ3n) is 4.60. The quantitative estimate of drug-likeness (QED) is 0.800. The minimum Gasteiger partial charge on any atom is -0.503 e. The number of likely N-dealkylation sites (N-methyl/N-ethyl adjacent to an activating group) is 1. The summed E-state index contributed by atoms with van der Waals surface area (Å²) in [5, 5.41) is 10.1. The second kappa shape index (κ2) is 4.34. The maximum Gasteiger partial charge on any atom is 0.274 e. The van der Waals surface area contributed by atoms with E-state index in [9.17, 15) is 19.5 Å². The smallest absolute Gasteiger partial charge is 0.274 e. The van der Waals surface area contributed by atoms with E-state index in [0.717, 1.165) is 19.3 Å². The maximum atomic E-state index is 12.4. The number of carbonyl (C=O) groups excluding carboxylic acids is 2. The molecule has 0 bridgehead atoms. The van der Waals surface area contributed by atoms with Gasteiger partial charge in [0.1, 0.15) is 5.56 Å². The number of hydrogen-bond acceptors (Lipinski definition) is 4. The van der Waals surface area contributed by atoms with Crippen LogP contribution in [0.5, 0.6) is 5.75 Å². The second-order valence-corrected chi connectivity index (χ2v) is 5.70. The maximum absolute atomic E-state index is 12.4. The van der Waals surface area contributed by atoms with E-state index in [4.69, 9.17) is 5.73 Å². The zero-order chi connectivity index (χ0) is 15.4. The van der Waals surface area contributed by atoms with E-state index in [0.29, 0.717) is 13.1 Å². The van der Waals surface area contributed by atoms with E-state index in [1.807, 2.05) is 6.92 Å². The molecule has 112 valence electrons. The number of aromatic nitrogens is 1. The van der Waals surface area contributed by atoms with Crippen LogP contribution in [0.2, 0.25) is 0 Å². The van der Waals surface area contributed by atoms with E-state index in [1.165, 1.54) is 6.20 Å². The predicted molar refractivity (Wildman–Crippen MR) is 74.3 cm³/mol. The Bertz CT molecular complexity index is 703. The van der Waals surface area contributed by atoms with Crippen molar-refractivity contribution in [2.75, 3.05) is 13.1 Å². The van der Waals surface area contributed by atoms with Crippen LogP contribution in [0, 0.1) is 0 Å². The zero-order valence-corrected chi connectivity index (χ0v) is 11.8. The molecule has 1 aliphatic carbocycles. The first kappa shape index (κ1) is 13.7. The molecule has 0 aromatic carbocycles. The summed E-state index contributed by atoms with van der Waals surface area (Å²) in [6.45, 7) is 2.88. The van der Waals surface area contributed by atoms with Gasteiger partial charge in [0.25, 0.3) is 11.8 Å². The average molecular weight is 291 g/mol. The lowest BCUT2D eigenvalue weighted by molar-refractivity contribution is 0.0327. The van der Waals surface area contributed by atoms with Crippen molar-refractivity contribution >= 4 is 11.8 Å². The van der Waals surface area contributed by atoms with Gasteiger partial charge in [0.2, 0.25) is 5.43 Å². The van der Waals surface area contributed by atoms with E-state index in [2.05, 4.69) is 0 Å². The number of nitrogens with zero attached hydrogens (tertiary/aromatic N) is 2. The molecule has 1 fully saturated rings. The number of hydrogen-bond donors (Lipinski definition) is 2. The van der Waals surface area contributed by atoms with Gasteiger partial charge in [-0.3, -0.25) is 14.4 Å². The van der Waals surface area contributed by atoms with E-state index >= 15 is 0 Å². The standard InChI is InChI=1S/C14H17N3O4/c1-2-16-7-14(4-3-5-14)17-6-8(12(15)20)10(18)11(19)9(17)13(16)21/h6,19H,2-5,7H2,1H3,(H2,15,20). The number of carbonyl (C=O) groups is 2. The van der Waals surface area contributed by atoms with Crippen LogP contribution >= 0.6 is 0 Å². The van der Waals surface area contributed by atoms with Crippen LogP contribution in [0.1, 0.15) is 47.0 Å². The fourth-order valence-electron chi connectivity index (χ4n) is 3.25. The number of pyridine rings is 1. The fraction of sp³-hybridized carbons (Fsp3) is 0.500. The molecule has 7 heteroatoms. The lowest BCUT2D eigenvalue weighted by atomic mass is 9.74. The lowest BCUT2D eigenvalue weighted by Gasteiger charge is -2.51. The number of amides is 2. The van der Waals surface area contributed by atoms with Gasteiger partial charge in [-0.05, 0) is 26.2 Å². The van der Waals surface area contributed by atoms with Crippen molar-refractivity contribution in [3.63, 3.8) is 0 Å². The number of aromatic hydroxyl groups is 1. The molecule has 2 amide bonds. The summed E-state index contributed by atoms with van der Waals surface area (Å²) in [6, 6.07) is 0. The first-order valence-corrected chi connectivity index (χ1v) is 6.99. The number of primary amides is 1. The third kappa shape index (κ3) is 1.69. The highest BCUT2D eigenvalue weighted by molar-refractivity contribution is 5.98.